The smallest absolute Gasteiger partial charge is 0.358 e. The molecule has 1 spiro atoms. The normalized spacial score (nSPS) is 22.5. The average Bonchev–Trinajstić information content (AvgIpc) is 2.86. The van der Waals surface area contributed by atoms with Crippen molar-refractivity contribution in [2.24, 2.45) is 5.41 Å². The van der Waals surface area contributed by atoms with E-state index in [2.05, 4.69) is 14.9 Å². The number of aromatic amines is 1. The van der Waals surface area contributed by atoms with Crippen molar-refractivity contribution < 1.29 is 9.53 Å². The Hall–Kier alpha value is -1.32. The van der Waals surface area contributed by atoms with Crippen LogP contribution in [-0.2, 0) is 4.74 Å². The fourth-order valence-electron chi connectivity index (χ4n) is 2.55. The lowest BCUT2D eigenvalue weighted by molar-refractivity contribution is 0.0594. The van der Waals surface area contributed by atoms with Crippen LogP contribution in [0.2, 0.25) is 0 Å². The highest BCUT2D eigenvalue weighted by molar-refractivity contribution is 5.87. The molecule has 2 fully saturated rings. The summed E-state index contributed by atoms with van der Waals surface area (Å²) < 4.78 is 4.61. The Morgan fingerprint density at radius 2 is 2.33 bits per heavy atom. The molecule has 2 aliphatic carbocycles. The van der Waals surface area contributed by atoms with Crippen molar-refractivity contribution in [1.82, 2.24) is 10.2 Å². The predicted octanol–water partition coefficient (Wildman–Crippen LogP) is 1.85. The number of aromatic nitrogens is 2. The number of esters is 1. The quantitative estimate of drug-likeness (QED) is 0.751. The molecule has 2 aliphatic rings. The topological polar surface area (TPSA) is 55.0 Å². The molecule has 1 N–H and O–H groups in total. The van der Waals surface area contributed by atoms with Crippen molar-refractivity contribution in [1.29, 1.82) is 0 Å². The number of H-pyrrole nitrogens is 1. The monoisotopic (exact) mass is 206 g/mol. The van der Waals surface area contributed by atoms with Crippen LogP contribution in [0.4, 0.5) is 0 Å². The number of nitrogens with zero attached hydrogens (tertiary/aromatic N) is 1. The van der Waals surface area contributed by atoms with E-state index in [0.717, 1.165) is 5.69 Å². The number of carbonyl (C=O) groups excluding carboxylic acids is 1. The maximum Gasteiger partial charge on any atom is 0.358 e. The van der Waals surface area contributed by atoms with Crippen LogP contribution < -0.4 is 0 Å². The van der Waals surface area contributed by atoms with Gasteiger partial charge in [-0.05, 0) is 37.2 Å². The van der Waals surface area contributed by atoms with Crippen molar-refractivity contribution in [3.63, 3.8) is 0 Å². The van der Waals surface area contributed by atoms with Gasteiger partial charge in [0, 0.05) is 11.6 Å². The second-order valence-electron chi connectivity index (χ2n) is 4.81. The van der Waals surface area contributed by atoms with Crippen LogP contribution in [0.1, 0.15) is 47.8 Å². The number of hydrogen-bond acceptors (Lipinski definition) is 3. The molecule has 15 heavy (non-hydrogen) atoms. The Bertz CT molecular complexity index is 398. The van der Waals surface area contributed by atoms with Crippen molar-refractivity contribution in [3.8, 4) is 0 Å². The first-order chi connectivity index (χ1) is 7.22. The summed E-state index contributed by atoms with van der Waals surface area (Å²) in [6.07, 6.45) is 5.30. The Balaban J connectivity index is 1.71. The van der Waals surface area contributed by atoms with Crippen molar-refractivity contribution in [2.75, 3.05) is 7.11 Å². The summed E-state index contributed by atoms with van der Waals surface area (Å²) in [4.78, 5) is 11.2. The molecule has 0 aliphatic heterocycles. The molecule has 0 amide bonds. The Morgan fingerprint density at radius 1 is 1.60 bits per heavy atom. The summed E-state index contributed by atoms with van der Waals surface area (Å²) in [6, 6.07) is 1.83. The van der Waals surface area contributed by atoms with Gasteiger partial charge >= 0.3 is 5.97 Å². The van der Waals surface area contributed by atoms with Crippen LogP contribution >= 0.6 is 0 Å². The zero-order chi connectivity index (χ0) is 10.5. The van der Waals surface area contributed by atoms with Gasteiger partial charge in [0.15, 0.2) is 5.69 Å². The maximum absolute atomic E-state index is 11.2. The van der Waals surface area contributed by atoms with E-state index in [-0.39, 0.29) is 5.97 Å². The van der Waals surface area contributed by atoms with Gasteiger partial charge in [0.05, 0.1) is 7.11 Å². The first-order valence-corrected chi connectivity index (χ1v) is 5.36. The molecule has 0 aromatic carbocycles. The summed E-state index contributed by atoms with van der Waals surface area (Å²) >= 11 is 0. The number of methoxy groups -OCH3 is 1. The molecule has 1 aromatic heterocycles. The summed E-state index contributed by atoms with van der Waals surface area (Å²) in [5.74, 6) is 0.219. The first kappa shape index (κ1) is 8.95. The van der Waals surface area contributed by atoms with Gasteiger partial charge in [0.25, 0.3) is 0 Å². The van der Waals surface area contributed by atoms with Gasteiger partial charge in [-0.2, -0.15) is 5.10 Å². The Kier molecular flexibility index (Phi) is 1.69. The van der Waals surface area contributed by atoms with E-state index in [1.54, 1.807) is 0 Å². The summed E-state index contributed by atoms with van der Waals surface area (Å²) in [5, 5.41) is 6.90. The molecule has 2 saturated carbocycles. The maximum atomic E-state index is 11.2. The lowest BCUT2D eigenvalue weighted by Crippen LogP contribution is -2.23. The number of carbonyl (C=O) groups is 1. The molecular formula is C11H14N2O2. The summed E-state index contributed by atoms with van der Waals surface area (Å²) in [5.41, 5.74) is 2.17. The largest absolute Gasteiger partial charge is 0.464 e. The van der Waals surface area contributed by atoms with E-state index < -0.39 is 0 Å². The molecule has 4 heteroatoms. The van der Waals surface area contributed by atoms with Gasteiger partial charge in [-0.15, -0.1) is 0 Å². The number of hydrogen-bond donors (Lipinski definition) is 1. The van der Waals surface area contributed by atoms with Crippen LogP contribution in [-0.4, -0.2) is 23.3 Å². The zero-order valence-electron chi connectivity index (χ0n) is 8.75. The standard InChI is InChI=1S/C11H14N2O2/c1-15-10(14)9-4-8(12-13-9)7-5-11(6-7)2-3-11/h4,7H,2-3,5-6H2,1H3,(H,12,13). The zero-order valence-corrected chi connectivity index (χ0v) is 8.75. The molecule has 0 saturated heterocycles. The van der Waals surface area contributed by atoms with E-state index in [0.29, 0.717) is 17.0 Å². The molecule has 0 atom stereocenters. The second kappa shape index (κ2) is 2.84. The van der Waals surface area contributed by atoms with Gasteiger partial charge in [-0.3, -0.25) is 5.10 Å². The second-order valence-corrected chi connectivity index (χ2v) is 4.81. The first-order valence-electron chi connectivity index (χ1n) is 5.36. The lowest BCUT2D eigenvalue weighted by atomic mass is 9.70. The molecule has 1 aromatic rings. The fraction of sp³-hybridized carbons (Fsp3) is 0.636. The van der Waals surface area contributed by atoms with Gasteiger partial charge in [0.2, 0.25) is 0 Å². The molecule has 80 valence electrons. The highest BCUT2D eigenvalue weighted by Gasteiger charge is 2.53. The molecule has 0 radical (unpaired) electrons. The highest BCUT2D eigenvalue weighted by atomic mass is 16.5. The van der Waals surface area contributed by atoms with E-state index in [9.17, 15) is 4.79 Å². The van der Waals surface area contributed by atoms with Crippen LogP contribution in [0, 0.1) is 5.41 Å². The SMILES string of the molecule is COC(=O)c1cc(C2CC3(CC3)C2)[nH]n1. The van der Waals surface area contributed by atoms with Crippen LogP contribution in [0.25, 0.3) is 0 Å². The number of rotatable bonds is 2. The molecule has 1 heterocycles. The van der Waals surface area contributed by atoms with E-state index >= 15 is 0 Å². The van der Waals surface area contributed by atoms with Crippen molar-refractivity contribution in [3.05, 3.63) is 17.5 Å². The minimum absolute atomic E-state index is 0.363. The average molecular weight is 206 g/mol. The van der Waals surface area contributed by atoms with Crippen LogP contribution in [0.3, 0.4) is 0 Å². The lowest BCUT2D eigenvalue weighted by Gasteiger charge is -2.34. The van der Waals surface area contributed by atoms with E-state index in [4.69, 9.17) is 0 Å². The third-order valence-electron chi connectivity index (χ3n) is 3.75. The van der Waals surface area contributed by atoms with Crippen LogP contribution in [0.15, 0.2) is 6.07 Å². The predicted molar refractivity (Wildman–Crippen MR) is 53.6 cm³/mol. The van der Waals surface area contributed by atoms with E-state index in [1.807, 2.05) is 6.07 Å². The number of nitrogens with one attached hydrogen (secondary N) is 1. The molecule has 0 bridgehead atoms. The highest BCUT2D eigenvalue weighted by Crippen LogP contribution is 2.65. The Labute approximate surface area is 88.0 Å². The van der Waals surface area contributed by atoms with Gasteiger partial charge in [-0.1, -0.05) is 0 Å². The summed E-state index contributed by atoms with van der Waals surface area (Å²) in [7, 11) is 1.37. The third kappa shape index (κ3) is 1.35. The third-order valence-corrected chi connectivity index (χ3v) is 3.75. The van der Waals surface area contributed by atoms with Gasteiger partial charge in [0.1, 0.15) is 0 Å². The van der Waals surface area contributed by atoms with E-state index in [1.165, 1.54) is 32.8 Å². The van der Waals surface area contributed by atoms with Crippen molar-refractivity contribution >= 4 is 5.97 Å². The minimum atomic E-state index is -0.363. The molecule has 3 rings (SSSR count). The number of ether oxygens (including phenoxy) is 1. The molecule has 0 unspecified atom stereocenters. The summed E-state index contributed by atoms with van der Waals surface area (Å²) in [6.45, 7) is 0. The van der Waals surface area contributed by atoms with Crippen molar-refractivity contribution in [2.45, 2.75) is 31.6 Å². The van der Waals surface area contributed by atoms with Gasteiger partial charge < -0.3 is 4.74 Å². The Morgan fingerprint density at radius 3 is 2.93 bits per heavy atom. The molecular weight excluding hydrogens is 192 g/mol. The van der Waals surface area contributed by atoms with Crippen LogP contribution in [0.5, 0.6) is 0 Å². The minimum Gasteiger partial charge on any atom is -0.464 e. The van der Waals surface area contributed by atoms with Gasteiger partial charge in [-0.25, -0.2) is 4.79 Å². The molecule has 4 nitrogen and oxygen atoms in total. The fourth-order valence-corrected chi connectivity index (χ4v) is 2.55.